The molecule has 1 N–H and O–H groups in total. The highest BCUT2D eigenvalue weighted by molar-refractivity contribution is 7.91. The highest BCUT2D eigenvalue weighted by Crippen LogP contribution is 2.27. The predicted molar refractivity (Wildman–Crippen MR) is 83.7 cm³/mol. The van der Waals surface area contributed by atoms with Crippen molar-refractivity contribution < 1.29 is 8.42 Å². The van der Waals surface area contributed by atoms with Gasteiger partial charge in [-0.25, -0.2) is 8.42 Å². The van der Waals surface area contributed by atoms with Gasteiger partial charge in [-0.3, -0.25) is 0 Å². The first-order chi connectivity index (χ1) is 9.02. The van der Waals surface area contributed by atoms with Crippen LogP contribution >= 0.6 is 11.3 Å². The Balaban J connectivity index is 2.58. The molecule has 1 heterocycles. The molecular formula is C14H25NO2S2. The Morgan fingerprint density at radius 2 is 2.00 bits per heavy atom. The van der Waals surface area contributed by atoms with Crippen molar-refractivity contribution in [2.24, 2.45) is 0 Å². The average Bonchev–Trinajstić information content (AvgIpc) is 2.86. The molecule has 0 aromatic carbocycles. The molecule has 0 bridgehead atoms. The Bertz CT molecular complexity index is 466. The van der Waals surface area contributed by atoms with Crippen LogP contribution in [0, 0.1) is 0 Å². The van der Waals surface area contributed by atoms with E-state index in [2.05, 4.69) is 31.3 Å². The minimum atomic E-state index is -2.84. The van der Waals surface area contributed by atoms with E-state index in [0.717, 1.165) is 25.8 Å². The monoisotopic (exact) mass is 303 g/mol. The summed E-state index contributed by atoms with van der Waals surface area (Å²) in [5.41, 5.74) is 0. The Kier molecular flexibility index (Phi) is 7.04. The topological polar surface area (TPSA) is 46.2 Å². The zero-order valence-corrected chi connectivity index (χ0v) is 13.7. The van der Waals surface area contributed by atoms with Crippen LogP contribution in [0.3, 0.4) is 0 Å². The molecule has 0 fully saturated rings. The van der Waals surface area contributed by atoms with Crippen molar-refractivity contribution in [1.29, 1.82) is 0 Å². The summed E-state index contributed by atoms with van der Waals surface area (Å²) >= 11 is 1.83. The first kappa shape index (κ1) is 16.7. The van der Waals surface area contributed by atoms with E-state index in [1.807, 2.05) is 11.3 Å². The molecule has 1 rings (SSSR count). The van der Waals surface area contributed by atoms with E-state index < -0.39 is 9.84 Å². The summed E-state index contributed by atoms with van der Waals surface area (Å²) in [6.07, 6.45) is 2.68. The van der Waals surface area contributed by atoms with Crippen molar-refractivity contribution in [2.75, 3.05) is 18.1 Å². The largest absolute Gasteiger partial charge is 0.310 e. The summed E-state index contributed by atoms with van der Waals surface area (Å²) in [7, 11) is -2.84. The fourth-order valence-electron chi connectivity index (χ4n) is 2.01. The van der Waals surface area contributed by atoms with Gasteiger partial charge >= 0.3 is 0 Å². The van der Waals surface area contributed by atoms with Crippen LogP contribution in [0.15, 0.2) is 12.1 Å². The Hall–Kier alpha value is -0.390. The fourth-order valence-corrected chi connectivity index (χ4v) is 3.97. The summed E-state index contributed by atoms with van der Waals surface area (Å²) in [5, 5.41) is 3.46. The summed E-state index contributed by atoms with van der Waals surface area (Å²) in [6.45, 7) is 6.87. The molecule has 5 heteroatoms. The second kappa shape index (κ2) is 8.02. The van der Waals surface area contributed by atoms with Crippen molar-refractivity contribution >= 4 is 21.2 Å². The van der Waals surface area contributed by atoms with Gasteiger partial charge in [-0.15, -0.1) is 11.3 Å². The minimum Gasteiger partial charge on any atom is -0.310 e. The predicted octanol–water partition coefficient (Wildman–Crippen LogP) is 3.18. The molecule has 110 valence electrons. The summed E-state index contributed by atoms with van der Waals surface area (Å²) < 4.78 is 23.0. The number of rotatable bonds is 9. The third-order valence-corrected chi connectivity index (χ3v) is 6.35. The molecule has 0 aliphatic heterocycles. The van der Waals surface area contributed by atoms with Gasteiger partial charge in [0.1, 0.15) is 9.84 Å². The lowest BCUT2D eigenvalue weighted by atomic mass is 10.1. The number of aryl methyl sites for hydroxylation is 1. The highest BCUT2D eigenvalue weighted by Gasteiger charge is 2.14. The second-order valence-corrected chi connectivity index (χ2v) is 8.32. The van der Waals surface area contributed by atoms with E-state index in [1.54, 1.807) is 6.92 Å². The van der Waals surface area contributed by atoms with Crippen molar-refractivity contribution in [1.82, 2.24) is 5.32 Å². The molecule has 19 heavy (non-hydrogen) atoms. The van der Waals surface area contributed by atoms with Gasteiger partial charge in [-0.1, -0.05) is 20.8 Å². The Morgan fingerprint density at radius 3 is 2.53 bits per heavy atom. The molecule has 0 saturated heterocycles. The summed E-state index contributed by atoms with van der Waals surface area (Å²) in [6, 6.07) is 4.64. The molecule has 1 aromatic heterocycles. The number of thiophene rings is 1. The van der Waals surface area contributed by atoms with Gasteiger partial charge < -0.3 is 5.32 Å². The van der Waals surface area contributed by atoms with Crippen molar-refractivity contribution in [3.63, 3.8) is 0 Å². The molecule has 0 amide bonds. The normalized spacial score (nSPS) is 13.6. The Labute approximate surface area is 121 Å². The van der Waals surface area contributed by atoms with Gasteiger partial charge in [-0.05, 0) is 37.9 Å². The van der Waals surface area contributed by atoms with Crippen LogP contribution in [0.2, 0.25) is 0 Å². The van der Waals surface area contributed by atoms with Gasteiger partial charge in [0.05, 0.1) is 5.75 Å². The average molecular weight is 303 g/mol. The second-order valence-electron chi connectivity index (χ2n) is 4.65. The lowest BCUT2D eigenvalue weighted by Gasteiger charge is -2.16. The van der Waals surface area contributed by atoms with E-state index in [9.17, 15) is 8.42 Å². The molecule has 3 nitrogen and oxygen atoms in total. The lowest BCUT2D eigenvalue weighted by molar-refractivity contribution is 0.513. The van der Waals surface area contributed by atoms with Crippen LogP contribution in [0.4, 0.5) is 0 Å². The molecule has 0 aliphatic rings. The smallest absolute Gasteiger partial charge is 0.150 e. The number of hydrogen-bond acceptors (Lipinski definition) is 4. The summed E-state index contributed by atoms with van der Waals surface area (Å²) in [5.74, 6) is 0.551. The quantitative estimate of drug-likeness (QED) is 0.762. The first-order valence-electron chi connectivity index (χ1n) is 7.04. The summed E-state index contributed by atoms with van der Waals surface area (Å²) in [4.78, 5) is 2.71. The van der Waals surface area contributed by atoms with E-state index >= 15 is 0 Å². The van der Waals surface area contributed by atoms with Gasteiger partial charge in [-0.2, -0.15) is 0 Å². The minimum absolute atomic E-state index is 0.248. The van der Waals surface area contributed by atoms with Crippen molar-refractivity contribution in [3.05, 3.63) is 21.9 Å². The van der Waals surface area contributed by atoms with Crippen LogP contribution in [0.25, 0.3) is 0 Å². The molecule has 1 unspecified atom stereocenters. The van der Waals surface area contributed by atoms with Crippen LogP contribution < -0.4 is 5.32 Å². The van der Waals surface area contributed by atoms with E-state index in [4.69, 9.17) is 0 Å². The number of hydrogen-bond donors (Lipinski definition) is 1. The van der Waals surface area contributed by atoms with Gasteiger partial charge in [0.15, 0.2) is 0 Å². The third kappa shape index (κ3) is 5.63. The van der Waals surface area contributed by atoms with Gasteiger partial charge in [0.2, 0.25) is 0 Å². The molecular weight excluding hydrogens is 278 g/mol. The van der Waals surface area contributed by atoms with Crippen LogP contribution in [-0.2, 0) is 16.3 Å². The highest BCUT2D eigenvalue weighted by atomic mass is 32.2. The molecule has 0 spiro atoms. The zero-order valence-electron chi connectivity index (χ0n) is 12.1. The molecule has 0 radical (unpaired) electrons. The van der Waals surface area contributed by atoms with Crippen molar-refractivity contribution in [3.8, 4) is 0 Å². The van der Waals surface area contributed by atoms with Crippen LogP contribution in [0.1, 0.15) is 49.4 Å². The lowest BCUT2D eigenvalue weighted by Crippen LogP contribution is -2.21. The third-order valence-electron chi connectivity index (χ3n) is 3.21. The molecule has 1 aromatic rings. The standard InChI is InChI=1S/C14H25NO2S2/c1-4-12-9-10-14(18-12)13(15-5-2)8-7-11-19(16,17)6-3/h9-10,13,15H,4-8,11H2,1-3H3. The maximum absolute atomic E-state index is 11.5. The van der Waals surface area contributed by atoms with E-state index in [1.165, 1.54) is 9.75 Å². The van der Waals surface area contributed by atoms with Gasteiger partial charge in [0, 0.05) is 21.5 Å². The maximum Gasteiger partial charge on any atom is 0.150 e. The van der Waals surface area contributed by atoms with Crippen molar-refractivity contribution in [2.45, 2.75) is 46.1 Å². The molecule has 0 saturated carbocycles. The van der Waals surface area contributed by atoms with Crippen LogP contribution in [-0.4, -0.2) is 26.5 Å². The Morgan fingerprint density at radius 1 is 1.26 bits per heavy atom. The van der Waals surface area contributed by atoms with E-state index in [0.29, 0.717) is 11.8 Å². The number of nitrogens with one attached hydrogen (secondary N) is 1. The first-order valence-corrected chi connectivity index (χ1v) is 9.68. The zero-order chi connectivity index (χ0) is 14.3. The van der Waals surface area contributed by atoms with E-state index in [-0.39, 0.29) is 5.75 Å². The maximum atomic E-state index is 11.5. The number of sulfone groups is 1. The van der Waals surface area contributed by atoms with Gasteiger partial charge in [0.25, 0.3) is 0 Å². The molecule has 0 aliphatic carbocycles. The fraction of sp³-hybridized carbons (Fsp3) is 0.714. The SMILES string of the molecule is CCNC(CCCS(=O)(=O)CC)c1ccc(CC)s1. The molecule has 1 atom stereocenters. The van der Waals surface area contributed by atoms with Crippen LogP contribution in [0.5, 0.6) is 0 Å².